The van der Waals surface area contributed by atoms with Crippen LogP contribution in [0.25, 0.3) is 0 Å². The van der Waals surface area contributed by atoms with Crippen molar-refractivity contribution in [2.75, 3.05) is 26.4 Å². The summed E-state index contributed by atoms with van der Waals surface area (Å²) in [5, 5.41) is 19.5. The van der Waals surface area contributed by atoms with Gasteiger partial charge < -0.3 is 34.4 Å². The molecule has 14 nitrogen and oxygen atoms in total. The Morgan fingerprint density at radius 2 is 1.20 bits per heavy atom. The van der Waals surface area contributed by atoms with Gasteiger partial charge in [-0.05, 0) is 50.9 Å². The number of phosphoric acid groups is 2. The Balaban J connectivity index is 4.71. The van der Waals surface area contributed by atoms with E-state index in [0.29, 0.717) is 19.3 Å². The summed E-state index contributed by atoms with van der Waals surface area (Å²) in [6.07, 6.45) is 27.7. The lowest BCUT2D eigenvalue weighted by Gasteiger charge is -2.20. The van der Waals surface area contributed by atoms with E-state index in [2.05, 4.69) is 48.0 Å². The first kappa shape index (κ1) is 53.0. The Labute approximate surface area is 329 Å². The lowest BCUT2D eigenvalue weighted by atomic mass is 10.00. The zero-order valence-electron chi connectivity index (χ0n) is 33.3. The fourth-order valence-electron chi connectivity index (χ4n) is 4.86. The second-order valence-corrected chi connectivity index (χ2v) is 16.3. The van der Waals surface area contributed by atoms with Crippen LogP contribution in [-0.2, 0) is 41.8 Å². The highest BCUT2D eigenvalue weighted by molar-refractivity contribution is 7.47. The van der Waals surface area contributed by atoms with Crippen LogP contribution in [0.4, 0.5) is 0 Å². The Morgan fingerprint density at radius 3 is 1.84 bits per heavy atom. The first-order chi connectivity index (χ1) is 26.2. The number of carbonyl (C=O) groups is 2. The van der Waals surface area contributed by atoms with E-state index >= 15 is 0 Å². The van der Waals surface area contributed by atoms with E-state index in [1.165, 1.54) is 25.7 Å². The number of esters is 2. The molecule has 16 heteroatoms. The van der Waals surface area contributed by atoms with Crippen molar-refractivity contribution >= 4 is 27.6 Å². The zero-order valence-corrected chi connectivity index (χ0v) is 35.1. The first-order valence-electron chi connectivity index (χ1n) is 19.8. The van der Waals surface area contributed by atoms with Gasteiger partial charge in [0.1, 0.15) is 12.7 Å². The summed E-state index contributed by atoms with van der Waals surface area (Å²) in [4.78, 5) is 52.4. The summed E-state index contributed by atoms with van der Waals surface area (Å²) in [6.45, 7) is 3.75. The molecule has 0 saturated heterocycles. The van der Waals surface area contributed by atoms with Crippen LogP contribution in [0.5, 0.6) is 0 Å². The van der Waals surface area contributed by atoms with E-state index in [1.807, 2.05) is 30.4 Å². The van der Waals surface area contributed by atoms with Crippen LogP contribution >= 0.6 is 15.6 Å². The summed E-state index contributed by atoms with van der Waals surface area (Å²) in [5.74, 6) is -0.385. The van der Waals surface area contributed by atoms with E-state index in [4.69, 9.17) is 23.8 Å². The average molecular weight is 825 g/mol. The van der Waals surface area contributed by atoms with Gasteiger partial charge in [-0.3, -0.25) is 23.2 Å². The molecular formula is C39H70O14P2. The number of allylic oxidation sites excluding steroid dienone is 7. The van der Waals surface area contributed by atoms with Crippen molar-refractivity contribution in [1.82, 2.24) is 0 Å². The number of carbonyl (C=O) groups excluding carboxylic acids is 2. The van der Waals surface area contributed by atoms with E-state index < -0.39 is 66.2 Å². The van der Waals surface area contributed by atoms with Crippen molar-refractivity contribution in [3.63, 3.8) is 0 Å². The van der Waals surface area contributed by atoms with E-state index in [0.717, 1.165) is 63.7 Å². The van der Waals surface area contributed by atoms with Gasteiger partial charge in [0, 0.05) is 12.8 Å². The lowest BCUT2D eigenvalue weighted by molar-refractivity contribution is -0.161. The third-order valence-electron chi connectivity index (χ3n) is 8.32. The van der Waals surface area contributed by atoms with Gasteiger partial charge in [-0.2, -0.15) is 0 Å². The van der Waals surface area contributed by atoms with Crippen LogP contribution < -0.4 is 0 Å². The number of rotatable bonds is 36. The summed E-state index contributed by atoms with van der Waals surface area (Å²) in [5.41, 5.74) is 0. The number of phosphoric ester groups is 2. The second-order valence-electron chi connectivity index (χ2n) is 13.6. The van der Waals surface area contributed by atoms with Gasteiger partial charge in [0.15, 0.2) is 6.10 Å². The van der Waals surface area contributed by atoms with Gasteiger partial charge in [-0.1, -0.05) is 127 Å². The van der Waals surface area contributed by atoms with Crippen molar-refractivity contribution in [3.8, 4) is 0 Å². The Bertz CT molecular complexity index is 1200. The molecule has 0 radical (unpaired) electrons. The first-order valence-corrected chi connectivity index (χ1v) is 22.8. The maximum atomic E-state index is 12.6. The number of hydrogen-bond acceptors (Lipinski definition) is 11. The minimum absolute atomic E-state index is 0.0376. The van der Waals surface area contributed by atoms with Crippen LogP contribution in [-0.4, -0.2) is 81.6 Å². The number of unbranched alkanes of at least 4 members (excludes halogenated alkanes) is 7. The molecule has 0 aliphatic heterocycles. The summed E-state index contributed by atoms with van der Waals surface area (Å²) >= 11 is 0. The van der Waals surface area contributed by atoms with Crippen molar-refractivity contribution < 1.29 is 66.7 Å². The minimum atomic E-state index is -4.87. The lowest BCUT2D eigenvalue weighted by Crippen LogP contribution is -2.29. The van der Waals surface area contributed by atoms with Crippen molar-refractivity contribution in [2.45, 2.75) is 155 Å². The monoisotopic (exact) mass is 824 g/mol. The summed E-state index contributed by atoms with van der Waals surface area (Å²) in [6, 6.07) is 0. The highest BCUT2D eigenvalue weighted by Gasteiger charge is 2.28. The Hall–Kier alpha value is -1.96. The molecule has 5 N–H and O–H groups in total. The average Bonchev–Trinajstić information content (AvgIpc) is 3.14. The molecule has 0 aromatic carbocycles. The number of ether oxygens (including phenoxy) is 2. The number of hydrogen-bond donors (Lipinski definition) is 5. The van der Waals surface area contributed by atoms with Crippen LogP contribution in [0, 0.1) is 5.92 Å². The van der Waals surface area contributed by atoms with Crippen LogP contribution in [0.1, 0.15) is 136 Å². The fourth-order valence-corrected chi connectivity index (χ4v) is 6.02. The molecule has 0 aliphatic carbocycles. The molecule has 0 bridgehead atoms. The van der Waals surface area contributed by atoms with E-state index in [-0.39, 0.29) is 18.9 Å². The quantitative estimate of drug-likeness (QED) is 0.0174. The molecule has 0 fully saturated rings. The third-order valence-corrected chi connectivity index (χ3v) is 9.76. The van der Waals surface area contributed by atoms with Gasteiger partial charge in [0.2, 0.25) is 0 Å². The number of aliphatic hydroxyl groups excluding tert-OH is 2. The van der Waals surface area contributed by atoms with Crippen molar-refractivity contribution in [2.24, 2.45) is 5.92 Å². The Morgan fingerprint density at radius 1 is 0.636 bits per heavy atom. The largest absolute Gasteiger partial charge is 0.472 e. The predicted octanol–water partition coefficient (Wildman–Crippen LogP) is 8.33. The molecule has 0 saturated carbocycles. The highest BCUT2D eigenvalue weighted by Crippen LogP contribution is 2.43. The molecule has 0 rings (SSSR count). The summed E-state index contributed by atoms with van der Waals surface area (Å²) < 4.78 is 47.5. The van der Waals surface area contributed by atoms with Gasteiger partial charge in [-0.25, -0.2) is 9.13 Å². The van der Waals surface area contributed by atoms with Gasteiger partial charge in [-0.15, -0.1) is 0 Å². The zero-order chi connectivity index (χ0) is 41.2. The van der Waals surface area contributed by atoms with Crippen molar-refractivity contribution in [3.05, 3.63) is 48.6 Å². The molecule has 55 heavy (non-hydrogen) atoms. The van der Waals surface area contributed by atoms with Gasteiger partial charge in [0.25, 0.3) is 0 Å². The topological polar surface area (TPSA) is 216 Å². The molecule has 0 amide bonds. The van der Waals surface area contributed by atoms with Gasteiger partial charge >= 0.3 is 27.6 Å². The molecule has 0 aliphatic rings. The molecular weight excluding hydrogens is 754 g/mol. The normalized spacial score (nSPS) is 15.9. The predicted molar refractivity (Wildman–Crippen MR) is 213 cm³/mol. The highest BCUT2D eigenvalue weighted by atomic mass is 31.2. The third kappa shape index (κ3) is 37.4. The van der Waals surface area contributed by atoms with Crippen LogP contribution in [0.15, 0.2) is 48.6 Å². The van der Waals surface area contributed by atoms with Gasteiger partial charge in [0.05, 0.1) is 25.9 Å². The molecule has 0 aromatic heterocycles. The van der Waals surface area contributed by atoms with Crippen molar-refractivity contribution in [1.29, 1.82) is 0 Å². The molecule has 5 atom stereocenters. The molecule has 0 heterocycles. The van der Waals surface area contributed by atoms with E-state index in [9.17, 15) is 33.8 Å². The Kier molecular flexibility index (Phi) is 32.9. The van der Waals surface area contributed by atoms with Crippen LogP contribution in [0.3, 0.4) is 0 Å². The maximum absolute atomic E-state index is 12.6. The fraction of sp³-hybridized carbons (Fsp3) is 0.744. The SMILES string of the molecule is CCCC[C@@H](O)/C=C\C/C=C\C/C=C\C/C=C\CCCC(=O)O[C@H](COC(=O)CCCCCCCCC(C)CC)COP(=O)(O)OC[C@@H](O)COP(=O)(O)O. The smallest absolute Gasteiger partial charge is 0.462 e. The second kappa shape index (κ2) is 34.1. The van der Waals surface area contributed by atoms with Crippen LogP contribution in [0.2, 0.25) is 0 Å². The molecule has 2 unspecified atom stereocenters. The maximum Gasteiger partial charge on any atom is 0.472 e. The number of aliphatic hydroxyl groups is 2. The molecule has 0 spiro atoms. The standard InChI is InChI=1S/C39H70O14P2/c1-4-6-26-35(40)27-22-18-13-11-9-7-8-10-12-14-20-24-29-39(43)53-37(33-52-55(47,48)51-31-36(41)30-50-54(44,45)46)32-49-38(42)28-23-19-16-15-17-21-25-34(3)5-2/h7-8,11-14,22,27,34-37,40-41H,4-6,9-10,15-21,23-26,28-33H2,1-3H3,(H,47,48)(H2,44,45,46)/b8-7-,13-11-,14-12-,27-22-/t34?,35-,36+,37-/m1/s1. The molecule has 0 aromatic rings. The summed E-state index contributed by atoms with van der Waals surface area (Å²) in [7, 11) is -9.70. The van der Waals surface area contributed by atoms with E-state index in [1.54, 1.807) is 0 Å². The minimum Gasteiger partial charge on any atom is -0.462 e. The molecule has 320 valence electrons.